The van der Waals surface area contributed by atoms with E-state index in [2.05, 4.69) is 0 Å². The van der Waals surface area contributed by atoms with E-state index in [0.717, 1.165) is 29.0 Å². The number of hydrogen-bond acceptors (Lipinski definition) is 6. The van der Waals surface area contributed by atoms with Gasteiger partial charge in [-0.25, -0.2) is 0 Å². The zero-order valence-electron chi connectivity index (χ0n) is 15.2. The summed E-state index contributed by atoms with van der Waals surface area (Å²) in [4.78, 5) is 12.6. The Bertz CT molecular complexity index is 921. The molecule has 0 unspecified atom stereocenters. The van der Waals surface area contributed by atoms with Gasteiger partial charge in [0.15, 0.2) is 11.5 Å². The summed E-state index contributed by atoms with van der Waals surface area (Å²) in [6.07, 6.45) is 0.789. The van der Waals surface area contributed by atoms with E-state index in [4.69, 9.17) is 23.7 Å². The third-order valence-corrected chi connectivity index (χ3v) is 5.81. The van der Waals surface area contributed by atoms with Crippen molar-refractivity contribution in [3.05, 3.63) is 47.0 Å². The molecule has 3 atom stereocenters. The lowest BCUT2D eigenvalue weighted by Crippen LogP contribution is -2.31. The SMILES string of the molecule is COc1ccc([C@H]2c3cc4c(cc3C[C@H]3COC(=O)[C@@H]32)OCO4)c(OC)c1. The first-order chi connectivity index (χ1) is 13.2. The summed E-state index contributed by atoms with van der Waals surface area (Å²) in [5, 5.41) is 0. The molecular weight excluding hydrogens is 348 g/mol. The Labute approximate surface area is 156 Å². The molecule has 0 amide bonds. The number of methoxy groups -OCH3 is 2. The van der Waals surface area contributed by atoms with E-state index in [-0.39, 0.29) is 30.5 Å². The molecule has 5 rings (SSSR count). The molecular formula is C21H20O6. The molecule has 6 nitrogen and oxygen atoms in total. The summed E-state index contributed by atoms with van der Waals surface area (Å²) >= 11 is 0. The van der Waals surface area contributed by atoms with E-state index in [1.54, 1.807) is 14.2 Å². The number of rotatable bonds is 3. The van der Waals surface area contributed by atoms with Crippen LogP contribution in [0.3, 0.4) is 0 Å². The highest BCUT2D eigenvalue weighted by Crippen LogP contribution is 2.52. The number of ether oxygens (including phenoxy) is 5. The molecule has 27 heavy (non-hydrogen) atoms. The molecule has 2 heterocycles. The maximum absolute atomic E-state index is 12.6. The largest absolute Gasteiger partial charge is 0.497 e. The van der Waals surface area contributed by atoms with E-state index >= 15 is 0 Å². The Morgan fingerprint density at radius 1 is 0.963 bits per heavy atom. The minimum Gasteiger partial charge on any atom is -0.497 e. The summed E-state index contributed by atoms with van der Waals surface area (Å²) in [6, 6.07) is 9.78. The quantitative estimate of drug-likeness (QED) is 0.777. The van der Waals surface area contributed by atoms with Crippen molar-refractivity contribution in [1.82, 2.24) is 0 Å². The maximum Gasteiger partial charge on any atom is 0.310 e. The van der Waals surface area contributed by atoms with Gasteiger partial charge in [0.2, 0.25) is 6.79 Å². The van der Waals surface area contributed by atoms with Crippen LogP contribution in [-0.2, 0) is 16.0 Å². The lowest BCUT2D eigenvalue weighted by molar-refractivity contribution is -0.141. The lowest BCUT2D eigenvalue weighted by Gasteiger charge is -2.34. The Balaban J connectivity index is 1.71. The lowest BCUT2D eigenvalue weighted by atomic mass is 9.67. The number of carbonyl (C=O) groups excluding carboxylic acids is 1. The predicted octanol–water partition coefficient (Wildman–Crippen LogP) is 2.91. The number of hydrogen-bond donors (Lipinski definition) is 0. The monoisotopic (exact) mass is 368 g/mol. The molecule has 0 bridgehead atoms. The molecule has 2 aromatic rings. The number of cyclic esters (lactones) is 1. The number of benzene rings is 2. The average Bonchev–Trinajstić information content (AvgIpc) is 3.30. The topological polar surface area (TPSA) is 63.2 Å². The average molecular weight is 368 g/mol. The highest BCUT2D eigenvalue weighted by atomic mass is 16.7. The van der Waals surface area contributed by atoms with E-state index in [0.29, 0.717) is 18.1 Å². The van der Waals surface area contributed by atoms with Crippen molar-refractivity contribution in [2.75, 3.05) is 27.6 Å². The van der Waals surface area contributed by atoms with E-state index < -0.39 is 0 Å². The fourth-order valence-electron chi connectivity index (χ4n) is 4.55. The number of esters is 1. The zero-order valence-corrected chi connectivity index (χ0v) is 15.2. The summed E-state index contributed by atoms with van der Waals surface area (Å²) in [5.41, 5.74) is 3.19. The summed E-state index contributed by atoms with van der Waals surface area (Å²) in [6.45, 7) is 0.677. The van der Waals surface area contributed by atoms with Crippen molar-refractivity contribution in [3.63, 3.8) is 0 Å². The minimum atomic E-state index is -0.236. The highest BCUT2D eigenvalue weighted by molar-refractivity contribution is 5.78. The normalized spacial score (nSPS) is 24.8. The van der Waals surface area contributed by atoms with Crippen LogP contribution >= 0.6 is 0 Å². The molecule has 2 aliphatic heterocycles. The third kappa shape index (κ3) is 2.43. The second-order valence-electron chi connectivity index (χ2n) is 7.11. The minimum absolute atomic E-state index is 0.141. The van der Waals surface area contributed by atoms with Crippen LogP contribution in [0.5, 0.6) is 23.0 Å². The van der Waals surface area contributed by atoms with Crippen molar-refractivity contribution in [3.8, 4) is 23.0 Å². The van der Waals surface area contributed by atoms with Gasteiger partial charge >= 0.3 is 5.97 Å². The van der Waals surface area contributed by atoms with Gasteiger partial charge in [-0.1, -0.05) is 6.07 Å². The van der Waals surface area contributed by atoms with Gasteiger partial charge in [-0.05, 0) is 35.7 Å². The fraction of sp³-hybridized carbons (Fsp3) is 0.381. The second-order valence-corrected chi connectivity index (χ2v) is 7.11. The Morgan fingerprint density at radius 2 is 1.78 bits per heavy atom. The fourth-order valence-corrected chi connectivity index (χ4v) is 4.55. The van der Waals surface area contributed by atoms with Gasteiger partial charge in [-0.3, -0.25) is 4.79 Å². The van der Waals surface area contributed by atoms with Crippen LogP contribution in [0.2, 0.25) is 0 Å². The summed E-state index contributed by atoms with van der Waals surface area (Å²) in [5.74, 6) is 2.48. The van der Waals surface area contributed by atoms with Crippen molar-refractivity contribution < 1.29 is 28.5 Å². The van der Waals surface area contributed by atoms with Crippen molar-refractivity contribution in [1.29, 1.82) is 0 Å². The summed E-state index contributed by atoms with van der Waals surface area (Å²) < 4.78 is 27.5. The number of carbonyl (C=O) groups is 1. The Kier molecular flexibility index (Phi) is 3.67. The molecule has 1 saturated heterocycles. The zero-order chi connectivity index (χ0) is 18.5. The molecule has 1 fully saturated rings. The van der Waals surface area contributed by atoms with Crippen LogP contribution in [0, 0.1) is 11.8 Å². The van der Waals surface area contributed by atoms with Crippen LogP contribution in [0.4, 0.5) is 0 Å². The molecule has 6 heteroatoms. The molecule has 0 aromatic heterocycles. The standard InChI is InChI=1S/C21H20O6/c1-23-13-3-4-14(16(7-13)24-2)20-15-8-18-17(26-10-27-18)6-11(15)5-12-9-25-21(22)19(12)20/h3-4,6-8,12,19-20H,5,9-10H2,1-2H3/t12-,19-,20-/m0/s1. The molecule has 0 N–H and O–H groups in total. The molecule has 0 saturated carbocycles. The smallest absolute Gasteiger partial charge is 0.310 e. The molecule has 2 aromatic carbocycles. The second kappa shape index (κ2) is 6.08. The molecule has 140 valence electrons. The molecule has 0 spiro atoms. The van der Waals surface area contributed by atoms with Crippen LogP contribution in [-0.4, -0.2) is 33.6 Å². The Morgan fingerprint density at radius 3 is 2.56 bits per heavy atom. The first-order valence-corrected chi connectivity index (χ1v) is 9.00. The van der Waals surface area contributed by atoms with E-state index in [1.165, 1.54) is 5.56 Å². The van der Waals surface area contributed by atoms with Gasteiger partial charge in [0.1, 0.15) is 11.5 Å². The third-order valence-electron chi connectivity index (χ3n) is 5.81. The van der Waals surface area contributed by atoms with Crippen molar-refractivity contribution in [2.45, 2.75) is 12.3 Å². The first kappa shape index (κ1) is 16.3. The van der Waals surface area contributed by atoms with Gasteiger partial charge in [0.25, 0.3) is 0 Å². The summed E-state index contributed by atoms with van der Waals surface area (Å²) in [7, 11) is 3.25. The number of fused-ring (bicyclic) bond motifs is 3. The van der Waals surface area contributed by atoms with Gasteiger partial charge in [-0.15, -0.1) is 0 Å². The van der Waals surface area contributed by atoms with Gasteiger partial charge in [0, 0.05) is 23.5 Å². The van der Waals surface area contributed by atoms with Crippen molar-refractivity contribution in [2.24, 2.45) is 11.8 Å². The van der Waals surface area contributed by atoms with Crippen LogP contribution in [0.25, 0.3) is 0 Å². The van der Waals surface area contributed by atoms with E-state index in [9.17, 15) is 4.79 Å². The van der Waals surface area contributed by atoms with Crippen LogP contribution < -0.4 is 18.9 Å². The van der Waals surface area contributed by atoms with Gasteiger partial charge in [-0.2, -0.15) is 0 Å². The maximum atomic E-state index is 12.6. The first-order valence-electron chi connectivity index (χ1n) is 9.00. The highest BCUT2D eigenvalue weighted by Gasteiger charge is 2.48. The molecule has 1 aliphatic carbocycles. The molecule has 0 radical (unpaired) electrons. The van der Waals surface area contributed by atoms with Gasteiger partial charge < -0.3 is 23.7 Å². The Hall–Kier alpha value is -2.89. The van der Waals surface area contributed by atoms with Crippen molar-refractivity contribution >= 4 is 5.97 Å². The van der Waals surface area contributed by atoms with Gasteiger partial charge in [0.05, 0.1) is 26.7 Å². The van der Waals surface area contributed by atoms with E-state index in [1.807, 2.05) is 30.3 Å². The molecule has 3 aliphatic rings. The van der Waals surface area contributed by atoms with Crippen LogP contribution in [0.15, 0.2) is 30.3 Å². The van der Waals surface area contributed by atoms with Crippen LogP contribution in [0.1, 0.15) is 22.6 Å². The predicted molar refractivity (Wildman–Crippen MR) is 95.6 cm³/mol.